The van der Waals surface area contributed by atoms with Gasteiger partial charge in [-0.1, -0.05) is 96.8 Å². The first kappa shape index (κ1) is 61.7. The van der Waals surface area contributed by atoms with Crippen LogP contribution in [-0.2, 0) is 47.7 Å². The van der Waals surface area contributed by atoms with Crippen LogP contribution in [0.3, 0.4) is 0 Å². The van der Waals surface area contributed by atoms with E-state index in [-0.39, 0.29) is 45.2 Å². The SMILES string of the molecule is CCCCCCCCCCCCCCCCCC(=O)NCCN(CCN(CC(=O)OC(C)(C)C)CC(=O)OC(C)(C)C)CCN(CC(=O)OC(C)(C)C)C(CC(N)=O)C(=O)OC(C)(C)C. The smallest absolute Gasteiger partial charge is 0.324 e. The van der Waals surface area contributed by atoms with Gasteiger partial charge in [0.25, 0.3) is 0 Å². The molecule has 0 aliphatic carbocycles. The topological polar surface area (TPSA) is 187 Å². The number of primary amides is 1. The summed E-state index contributed by atoms with van der Waals surface area (Å²) in [6.07, 6.45) is 18.7. The summed E-state index contributed by atoms with van der Waals surface area (Å²) in [6.45, 7) is 24.1. The van der Waals surface area contributed by atoms with Crippen molar-refractivity contribution in [3.8, 4) is 0 Å². The number of nitrogens with zero attached hydrogens (tertiary/aromatic N) is 3. The molecule has 0 saturated carbocycles. The van der Waals surface area contributed by atoms with Crippen molar-refractivity contribution in [2.45, 2.75) is 228 Å². The predicted octanol–water partition coefficient (Wildman–Crippen LogP) is 7.88. The summed E-state index contributed by atoms with van der Waals surface area (Å²) in [5, 5.41) is 3.04. The van der Waals surface area contributed by atoms with Gasteiger partial charge in [-0.25, -0.2) is 0 Å². The van der Waals surface area contributed by atoms with Crippen LogP contribution < -0.4 is 11.1 Å². The highest BCUT2D eigenvalue weighted by Gasteiger charge is 2.34. The fourth-order valence-electron chi connectivity index (χ4n) is 7.12. The molecule has 0 aromatic rings. The van der Waals surface area contributed by atoms with Gasteiger partial charge in [0.1, 0.15) is 28.4 Å². The molecule has 0 radical (unpaired) electrons. The Kier molecular flexibility index (Phi) is 30.8. The Morgan fingerprint density at radius 2 is 0.846 bits per heavy atom. The lowest BCUT2D eigenvalue weighted by atomic mass is 10.0. The zero-order valence-electron chi connectivity index (χ0n) is 43.5. The second-order valence-electron chi connectivity index (χ2n) is 21.6. The largest absolute Gasteiger partial charge is 0.459 e. The number of carbonyl (C=O) groups is 6. The van der Waals surface area contributed by atoms with Gasteiger partial charge < -0.3 is 30.0 Å². The van der Waals surface area contributed by atoms with Crippen LogP contribution in [0.25, 0.3) is 0 Å². The van der Waals surface area contributed by atoms with Crippen LogP contribution in [0.2, 0.25) is 0 Å². The number of unbranched alkanes of at least 4 members (excludes halogenated alkanes) is 14. The summed E-state index contributed by atoms with van der Waals surface area (Å²) >= 11 is 0. The maximum atomic E-state index is 13.6. The van der Waals surface area contributed by atoms with Gasteiger partial charge in [-0.05, 0) is 89.5 Å². The minimum absolute atomic E-state index is 0.0471. The van der Waals surface area contributed by atoms with Gasteiger partial charge in [-0.2, -0.15) is 0 Å². The third-order valence-electron chi connectivity index (χ3n) is 10.0. The highest BCUT2D eigenvalue weighted by atomic mass is 16.6. The highest BCUT2D eigenvalue weighted by Crippen LogP contribution is 2.17. The van der Waals surface area contributed by atoms with Crippen LogP contribution in [0, 0.1) is 0 Å². The van der Waals surface area contributed by atoms with Crippen molar-refractivity contribution in [1.29, 1.82) is 0 Å². The summed E-state index contributed by atoms with van der Waals surface area (Å²) in [5.74, 6) is -3.12. The number of hydrogen-bond donors (Lipinski definition) is 2. The lowest BCUT2D eigenvalue weighted by Crippen LogP contribution is -2.52. The number of rotatable bonds is 35. The molecule has 65 heavy (non-hydrogen) atoms. The van der Waals surface area contributed by atoms with Gasteiger partial charge in [0, 0.05) is 45.7 Å². The average molecular weight is 926 g/mol. The molecule has 0 fully saturated rings. The molecule has 380 valence electrons. The molecular formula is C50H95N5O10. The summed E-state index contributed by atoms with van der Waals surface area (Å²) in [5.41, 5.74) is 2.47. The third-order valence-corrected chi connectivity index (χ3v) is 10.0. The quantitative estimate of drug-likeness (QED) is 0.0356. The fraction of sp³-hybridized carbons (Fsp3) is 0.880. The zero-order chi connectivity index (χ0) is 49.7. The van der Waals surface area contributed by atoms with E-state index in [9.17, 15) is 28.8 Å². The Morgan fingerprint density at radius 1 is 0.477 bits per heavy atom. The molecular weight excluding hydrogens is 831 g/mol. The van der Waals surface area contributed by atoms with E-state index < -0.39 is 64.7 Å². The highest BCUT2D eigenvalue weighted by molar-refractivity contribution is 5.85. The minimum atomic E-state index is -1.19. The maximum Gasteiger partial charge on any atom is 0.324 e. The molecule has 1 unspecified atom stereocenters. The van der Waals surface area contributed by atoms with Crippen molar-refractivity contribution < 1.29 is 47.7 Å². The number of ether oxygens (including phenoxy) is 4. The minimum Gasteiger partial charge on any atom is -0.459 e. The first-order valence-electron chi connectivity index (χ1n) is 24.7. The lowest BCUT2D eigenvalue weighted by molar-refractivity contribution is -0.166. The third kappa shape index (κ3) is 38.5. The van der Waals surface area contributed by atoms with Crippen molar-refractivity contribution in [1.82, 2.24) is 20.0 Å². The number of hydrogen-bond acceptors (Lipinski definition) is 13. The van der Waals surface area contributed by atoms with Crippen molar-refractivity contribution in [2.75, 3.05) is 58.9 Å². The number of nitrogens with two attached hydrogens (primary N) is 1. The normalized spacial score (nSPS) is 12.9. The van der Waals surface area contributed by atoms with Crippen molar-refractivity contribution in [3.05, 3.63) is 0 Å². The average Bonchev–Trinajstić information content (AvgIpc) is 3.12. The van der Waals surface area contributed by atoms with E-state index in [1.165, 1.54) is 81.9 Å². The van der Waals surface area contributed by atoms with E-state index in [0.717, 1.165) is 19.3 Å². The summed E-state index contributed by atoms with van der Waals surface area (Å²) < 4.78 is 22.5. The van der Waals surface area contributed by atoms with Gasteiger partial charge in [-0.3, -0.25) is 43.5 Å². The lowest BCUT2D eigenvalue weighted by Gasteiger charge is -2.34. The standard InChI is InChI=1S/C50H95N5O10/c1-14-15-16-17-18-19-20-21-22-23-24-25-26-27-28-29-42(57)52-30-31-53(32-33-54(37-43(58)62-47(2,3)4)38-44(59)63-48(5,6)7)34-35-55(39-45(60)64-49(8,9)10)40(36-41(51)56)46(61)65-50(11,12)13/h40H,14-39H2,1-13H3,(H2,51,56)(H,52,57). The Hall–Kier alpha value is -3.30. The molecule has 15 nitrogen and oxygen atoms in total. The molecule has 0 aliphatic rings. The van der Waals surface area contributed by atoms with E-state index >= 15 is 0 Å². The van der Waals surface area contributed by atoms with Crippen molar-refractivity contribution in [3.63, 3.8) is 0 Å². The van der Waals surface area contributed by atoms with E-state index in [1.54, 1.807) is 88.0 Å². The van der Waals surface area contributed by atoms with E-state index in [2.05, 4.69) is 12.2 Å². The Balaban J connectivity index is 5.91. The van der Waals surface area contributed by atoms with Crippen LogP contribution in [0.5, 0.6) is 0 Å². The number of nitrogens with one attached hydrogen (secondary N) is 1. The first-order valence-corrected chi connectivity index (χ1v) is 24.7. The van der Waals surface area contributed by atoms with E-state index in [1.807, 2.05) is 4.90 Å². The summed E-state index contributed by atoms with van der Waals surface area (Å²) in [4.78, 5) is 83.3. The second-order valence-corrected chi connectivity index (χ2v) is 21.6. The summed E-state index contributed by atoms with van der Waals surface area (Å²) in [7, 11) is 0. The number of carbonyl (C=O) groups excluding carboxylic acids is 6. The Bertz CT molecular complexity index is 1350. The first-order chi connectivity index (χ1) is 30.1. The zero-order valence-corrected chi connectivity index (χ0v) is 43.5. The van der Waals surface area contributed by atoms with Gasteiger partial charge in [0.15, 0.2) is 0 Å². The molecule has 0 aromatic heterocycles. The van der Waals surface area contributed by atoms with Gasteiger partial charge in [0.2, 0.25) is 11.8 Å². The monoisotopic (exact) mass is 926 g/mol. The molecule has 0 heterocycles. The van der Waals surface area contributed by atoms with Crippen LogP contribution in [-0.4, -0.2) is 138 Å². The van der Waals surface area contributed by atoms with E-state index in [0.29, 0.717) is 26.1 Å². The Labute approximate surface area is 394 Å². The molecule has 0 spiro atoms. The molecule has 15 heteroatoms. The van der Waals surface area contributed by atoms with Crippen LogP contribution in [0.4, 0.5) is 0 Å². The van der Waals surface area contributed by atoms with Gasteiger partial charge in [-0.15, -0.1) is 0 Å². The van der Waals surface area contributed by atoms with E-state index in [4.69, 9.17) is 24.7 Å². The Morgan fingerprint density at radius 3 is 1.25 bits per heavy atom. The predicted molar refractivity (Wildman–Crippen MR) is 258 cm³/mol. The number of esters is 4. The van der Waals surface area contributed by atoms with Crippen molar-refractivity contribution in [2.24, 2.45) is 5.73 Å². The molecule has 0 aliphatic heterocycles. The molecule has 2 amide bonds. The van der Waals surface area contributed by atoms with Gasteiger partial charge in [0.05, 0.1) is 26.1 Å². The van der Waals surface area contributed by atoms with Gasteiger partial charge >= 0.3 is 23.9 Å². The second kappa shape index (κ2) is 32.4. The van der Waals surface area contributed by atoms with Crippen LogP contribution in [0.15, 0.2) is 0 Å². The molecule has 1 atom stereocenters. The molecule has 0 saturated heterocycles. The molecule has 0 rings (SSSR count). The molecule has 0 aromatic carbocycles. The maximum absolute atomic E-state index is 13.6. The number of amides is 2. The van der Waals surface area contributed by atoms with Crippen LogP contribution >= 0.6 is 0 Å². The summed E-state index contributed by atoms with van der Waals surface area (Å²) in [6, 6.07) is -1.19. The van der Waals surface area contributed by atoms with Crippen LogP contribution in [0.1, 0.15) is 199 Å². The fourth-order valence-corrected chi connectivity index (χ4v) is 7.12. The molecule has 3 N–H and O–H groups in total. The van der Waals surface area contributed by atoms with Crippen molar-refractivity contribution >= 4 is 35.7 Å². The molecule has 0 bridgehead atoms.